The SMILES string of the molecule is Cc1c(C(=O)N(CCN2CCOCC2)c2nc3ccc(Br)cc3s2)cccc1[N+](=O)[O-]. The quantitative estimate of drug-likeness (QED) is 0.368. The molecule has 3 aromatic rings. The fraction of sp³-hybridized carbons (Fsp3) is 0.333. The molecule has 1 aliphatic rings. The van der Waals surface area contributed by atoms with Crippen LogP contribution in [0.1, 0.15) is 15.9 Å². The molecule has 1 aliphatic heterocycles. The van der Waals surface area contributed by atoms with Crippen LogP contribution >= 0.6 is 27.3 Å². The number of carbonyl (C=O) groups is 1. The minimum atomic E-state index is -0.459. The number of anilines is 1. The van der Waals surface area contributed by atoms with Crippen molar-refractivity contribution in [3.05, 3.63) is 62.1 Å². The molecule has 1 fully saturated rings. The minimum Gasteiger partial charge on any atom is -0.379 e. The number of carbonyl (C=O) groups excluding carboxylic acids is 1. The zero-order valence-corrected chi connectivity index (χ0v) is 19.3. The summed E-state index contributed by atoms with van der Waals surface area (Å²) in [5, 5.41) is 11.9. The maximum atomic E-state index is 13.6. The number of halogens is 1. The molecule has 0 spiro atoms. The van der Waals surface area contributed by atoms with Crippen LogP contribution in [0.5, 0.6) is 0 Å². The van der Waals surface area contributed by atoms with Crippen molar-refractivity contribution in [3.8, 4) is 0 Å². The third-order valence-electron chi connectivity index (χ3n) is 5.29. The Hall–Kier alpha value is -2.40. The number of hydrogen-bond donors (Lipinski definition) is 0. The standard InChI is InChI=1S/C21H21BrN4O4S/c1-14-16(3-2-4-18(14)26(28)29)20(27)25(8-7-24-9-11-30-12-10-24)21-23-17-6-5-15(22)13-19(17)31-21/h2-6,13H,7-12H2,1H3. The Bertz CT molecular complexity index is 1130. The number of thiazole rings is 1. The van der Waals surface area contributed by atoms with Crippen molar-refractivity contribution in [1.82, 2.24) is 9.88 Å². The fourth-order valence-corrected chi connectivity index (χ4v) is 5.09. The highest BCUT2D eigenvalue weighted by atomic mass is 79.9. The lowest BCUT2D eigenvalue weighted by Gasteiger charge is -2.29. The second-order valence-corrected chi connectivity index (χ2v) is 9.15. The molecular weight excluding hydrogens is 484 g/mol. The van der Waals surface area contributed by atoms with Crippen LogP contribution in [-0.4, -0.2) is 60.1 Å². The van der Waals surface area contributed by atoms with Gasteiger partial charge in [-0.15, -0.1) is 0 Å². The van der Waals surface area contributed by atoms with Crippen LogP contribution in [0.3, 0.4) is 0 Å². The Kier molecular flexibility index (Phi) is 6.61. The molecule has 8 nitrogen and oxygen atoms in total. The predicted molar refractivity (Wildman–Crippen MR) is 124 cm³/mol. The van der Waals surface area contributed by atoms with Gasteiger partial charge in [0, 0.05) is 47.8 Å². The molecule has 10 heteroatoms. The van der Waals surface area contributed by atoms with E-state index >= 15 is 0 Å². The van der Waals surface area contributed by atoms with E-state index in [4.69, 9.17) is 4.74 Å². The van der Waals surface area contributed by atoms with Crippen LogP contribution in [0.4, 0.5) is 10.8 Å². The molecule has 0 aliphatic carbocycles. The molecule has 0 radical (unpaired) electrons. The van der Waals surface area contributed by atoms with Gasteiger partial charge in [-0.3, -0.25) is 24.7 Å². The molecule has 0 bridgehead atoms. The molecule has 0 atom stereocenters. The third kappa shape index (κ3) is 4.77. The van der Waals surface area contributed by atoms with Gasteiger partial charge in [0.05, 0.1) is 28.4 Å². The summed E-state index contributed by atoms with van der Waals surface area (Å²) < 4.78 is 7.31. The number of hydrogen-bond acceptors (Lipinski definition) is 7. The van der Waals surface area contributed by atoms with E-state index in [1.807, 2.05) is 18.2 Å². The van der Waals surface area contributed by atoms with Crippen LogP contribution in [-0.2, 0) is 4.74 Å². The van der Waals surface area contributed by atoms with Crippen LogP contribution in [0.15, 0.2) is 40.9 Å². The van der Waals surface area contributed by atoms with Crippen molar-refractivity contribution >= 4 is 54.2 Å². The molecule has 0 saturated carbocycles. The zero-order chi connectivity index (χ0) is 22.0. The van der Waals surface area contributed by atoms with Crippen molar-refractivity contribution in [1.29, 1.82) is 0 Å². The molecule has 1 saturated heterocycles. The molecule has 162 valence electrons. The Morgan fingerprint density at radius 3 is 2.84 bits per heavy atom. The van der Waals surface area contributed by atoms with Gasteiger partial charge in [0.25, 0.3) is 11.6 Å². The number of aromatic nitrogens is 1. The lowest BCUT2D eigenvalue weighted by molar-refractivity contribution is -0.385. The summed E-state index contributed by atoms with van der Waals surface area (Å²) in [5.74, 6) is -0.285. The second-order valence-electron chi connectivity index (χ2n) is 7.23. The van der Waals surface area contributed by atoms with Crippen molar-refractivity contribution in [2.24, 2.45) is 0 Å². The number of ether oxygens (including phenoxy) is 1. The zero-order valence-electron chi connectivity index (χ0n) is 16.9. The van der Waals surface area contributed by atoms with E-state index in [2.05, 4.69) is 25.8 Å². The first kappa shape index (κ1) is 21.8. The summed E-state index contributed by atoms with van der Waals surface area (Å²) in [6, 6.07) is 10.4. The van der Waals surface area contributed by atoms with Gasteiger partial charge in [0.1, 0.15) is 0 Å². The summed E-state index contributed by atoms with van der Waals surface area (Å²) in [4.78, 5) is 33.0. The van der Waals surface area contributed by atoms with E-state index < -0.39 is 4.92 Å². The van der Waals surface area contributed by atoms with E-state index in [0.717, 1.165) is 27.8 Å². The Morgan fingerprint density at radius 1 is 1.32 bits per heavy atom. The minimum absolute atomic E-state index is 0.0628. The number of nitrogens with zero attached hydrogens (tertiary/aromatic N) is 4. The van der Waals surface area contributed by atoms with Crippen molar-refractivity contribution in [2.75, 3.05) is 44.3 Å². The summed E-state index contributed by atoms with van der Waals surface area (Å²) >= 11 is 4.91. The second kappa shape index (κ2) is 9.39. The van der Waals surface area contributed by atoms with E-state index in [-0.39, 0.29) is 11.6 Å². The van der Waals surface area contributed by atoms with Gasteiger partial charge in [0.2, 0.25) is 0 Å². The number of amides is 1. The number of benzene rings is 2. The maximum absolute atomic E-state index is 13.6. The summed E-state index contributed by atoms with van der Waals surface area (Å²) in [5.41, 5.74) is 1.42. The van der Waals surface area contributed by atoms with Crippen LogP contribution < -0.4 is 4.90 Å². The first-order valence-electron chi connectivity index (χ1n) is 9.86. The molecule has 2 heterocycles. The highest BCUT2D eigenvalue weighted by Gasteiger charge is 2.26. The smallest absolute Gasteiger partial charge is 0.273 e. The van der Waals surface area contributed by atoms with Crippen LogP contribution in [0.25, 0.3) is 10.2 Å². The Labute approximate surface area is 191 Å². The van der Waals surface area contributed by atoms with Crippen molar-refractivity contribution < 1.29 is 14.5 Å². The average molecular weight is 505 g/mol. The number of fused-ring (bicyclic) bond motifs is 1. The maximum Gasteiger partial charge on any atom is 0.273 e. The monoisotopic (exact) mass is 504 g/mol. The van der Waals surface area contributed by atoms with Crippen LogP contribution in [0.2, 0.25) is 0 Å². The highest BCUT2D eigenvalue weighted by molar-refractivity contribution is 9.10. The van der Waals surface area contributed by atoms with Gasteiger partial charge < -0.3 is 4.74 Å². The molecule has 0 N–H and O–H groups in total. The molecule has 2 aromatic carbocycles. The molecule has 0 unspecified atom stereocenters. The summed E-state index contributed by atoms with van der Waals surface area (Å²) in [7, 11) is 0. The predicted octanol–water partition coefficient (Wildman–Crippen LogP) is 4.25. The van der Waals surface area contributed by atoms with Gasteiger partial charge in [-0.25, -0.2) is 4.98 Å². The van der Waals surface area contributed by atoms with Gasteiger partial charge in [0.15, 0.2) is 5.13 Å². The molecule has 1 amide bonds. The van der Waals surface area contributed by atoms with E-state index in [9.17, 15) is 14.9 Å². The largest absolute Gasteiger partial charge is 0.379 e. The number of morpholine rings is 1. The normalized spacial score (nSPS) is 14.6. The Morgan fingerprint density at radius 2 is 2.10 bits per heavy atom. The Balaban J connectivity index is 1.69. The van der Waals surface area contributed by atoms with Crippen molar-refractivity contribution in [3.63, 3.8) is 0 Å². The number of nitro benzene ring substituents is 1. The number of rotatable bonds is 6. The molecule has 31 heavy (non-hydrogen) atoms. The van der Waals surface area contributed by atoms with Crippen LogP contribution in [0, 0.1) is 17.0 Å². The topological polar surface area (TPSA) is 88.8 Å². The van der Waals surface area contributed by atoms with E-state index in [1.165, 1.54) is 17.4 Å². The fourth-order valence-electron chi connectivity index (χ4n) is 3.55. The number of nitro groups is 1. The molecule has 1 aromatic heterocycles. The molecular formula is C21H21BrN4O4S. The van der Waals surface area contributed by atoms with E-state index in [0.29, 0.717) is 42.6 Å². The lowest BCUT2D eigenvalue weighted by atomic mass is 10.1. The van der Waals surface area contributed by atoms with Crippen molar-refractivity contribution in [2.45, 2.75) is 6.92 Å². The van der Waals surface area contributed by atoms with E-state index in [1.54, 1.807) is 24.0 Å². The van der Waals surface area contributed by atoms with Gasteiger partial charge in [-0.1, -0.05) is 33.3 Å². The van der Waals surface area contributed by atoms with Gasteiger partial charge in [-0.05, 0) is 31.2 Å². The third-order valence-corrected chi connectivity index (χ3v) is 6.83. The first-order valence-corrected chi connectivity index (χ1v) is 11.5. The van der Waals surface area contributed by atoms with Gasteiger partial charge in [-0.2, -0.15) is 0 Å². The first-order chi connectivity index (χ1) is 14.9. The highest BCUT2D eigenvalue weighted by Crippen LogP contribution is 2.32. The summed E-state index contributed by atoms with van der Waals surface area (Å²) in [6.45, 7) is 5.68. The lowest BCUT2D eigenvalue weighted by Crippen LogP contribution is -2.43. The average Bonchev–Trinajstić information content (AvgIpc) is 3.17. The summed E-state index contributed by atoms with van der Waals surface area (Å²) in [6.07, 6.45) is 0. The molecule has 4 rings (SSSR count). The van der Waals surface area contributed by atoms with Gasteiger partial charge >= 0.3 is 0 Å².